The van der Waals surface area contributed by atoms with Gasteiger partial charge in [0.1, 0.15) is 0 Å². The summed E-state index contributed by atoms with van der Waals surface area (Å²) in [6, 6.07) is 6.59. The number of oxazole rings is 1. The van der Waals surface area contributed by atoms with Crippen molar-refractivity contribution in [3.63, 3.8) is 0 Å². The van der Waals surface area contributed by atoms with Gasteiger partial charge < -0.3 is 9.73 Å². The lowest BCUT2D eigenvalue weighted by Crippen LogP contribution is -2.16. The van der Waals surface area contributed by atoms with Gasteiger partial charge in [0.05, 0.1) is 17.4 Å². The van der Waals surface area contributed by atoms with Crippen LogP contribution in [0.3, 0.4) is 0 Å². The first kappa shape index (κ1) is 13.1. The molecule has 2 amide bonds. The maximum absolute atomic E-state index is 12.0. The van der Waals surface area contributed by atoms with E-state index in [1.54, 1.807) is 24.3 Å². The Morgan fingerprint density at radius 3 is 2.63 bits per heavy atom. The molecule has 0 bridgehead atoms. The Hall–Kier alpha value is -2.34. The second-order valence-electron chi connectivity index (χ2n) is 3.65. The first-order valence-electron chi connectivity index (χ1n) is 5.35. The van der Waals surface area contributed by atoms with Gasteiger partial charge >= 0.3 is 6.01 Å². The summed E-state index contributed by atoms with van der Waals surface area (Å²) in [4.78, 5) is 26.8. The number of anilines is 2. The average Bonchev–Trinajstić information content (AvgIpc) is 2.74. The van der Waals surface area contributed by atoms with Crippen LogP contribution in [-0.4, -0.2) is 16.8 Å². The zero-order chi connectivity index (χ0) is 13.8. The number of rotatable bonds is 3. The molecular weight excluding hydrogens is 270 g/mol. The first-order valence-corrected chi connectivity index (χ1v) is 5.73. The van der Waals surface area contributed by atoms with Crippen LogP contribution in [0, 0.1) is 0 Å². The zero-order valence-electron chi connectivity index (χ0n) is 9.94. The number of para-hydroxylation sites is 1. The van der Waals surface area contributed by atoms with Crippen LogP contribution in [0.25, 0.3) is 0 Å². The van der Waals surface area contributed by atoms with E-state index in [2.05, 4.69) is 15.6 Å². The van der Waals surface area contributed by atoms with Crippen LogP contribution in [0.5, 0.6) is 0 Å². The molecule has 0 atom stereocenters. The molecule has 98 valence electrons. The molecule has 0 aliphatic rings. The molecule has 0 saturated carbocycles. The minimum Gasteiger partial charge on any atom is -0.411 e. The van der Waals surface area contributed by atoms with Crippen LogP contribution >= 0.6 is 11.6 Å². The number of carbonyl (C=O) groups is 2. The summed E-state index contributed by atoms with van der Waals surface area (Å²) in [7, 11) is 0. The van der Waals surface area contributed by atoms with Gasteiger partial charge in [0.25, 0.3) is 5.91 Å². The van der Waals surface area contributed by atoms with Gasteiger partial charge in [-0.15, -0.1) is 0 Å². The SMILES string of the molecule is CC(=O)Nc1ccccc1C(=O)Nc1ncc(Cl)o1. The van der Waals surface area contributed by atoms with Crippen molar-refractivity contribution in [1.82, 2.24) is 4.98 Å². The lowest BCUT2D eigenvalue weighted by molar-refractivity contribution is -0.114. The molecule has 0 radical (unpaired) electrons. The number of aromatic nitrogens is 1. The molecule has 2 aromatic rings. The number of halogens is 1. The molecule has 2 N–H and O–H groups in total. The molecule has 0 spiro atoms. The van der Waals surface area contributed by atoms with Crippen molar-refractivity contribution in [2.45, 2.75) is 6.92 Å². The summed E-state index contributed by atoms with van der Waals surface area (Å²) in [5, 5.41) is 5.08. The van der Waals surface area contributed by atoms with Crippen molar-refractivity contribution < 1.29 is 14.0 Å². The molecule has 0 saturated heterocycles. The maximum atomic E-state index is 12.0. The van der Waals surface area contributed by atoms with Crippen molar-refractivity contribution in [2.75, 3.05) is 10.6 Å². The summed E-state index contributed by atoms with van der Waals surface area (Å²) >= 11 is 5.55. The second-order valence-corrected chi connectivity index (χ2v) is 4.02. The predicted molar refractivity (Wildman–Crippen MR) is 70.2 cm³/mol. The largest absolute Gasteiger partial charge is 0.411 e. The highest BCUT2D eigenvalue weighted by atomic mass is 35.5. The first-order chi connectivity index (χ1) is 9.06. The highest BCUT2D eigenvalue weighted by molar-refractivity contribution is 6.28. The van der Waals surface area contributed by atoms with Gasteiger partial charge in [-0.2, -0.15) is 0 Å². The Balaban J connectivity index is 2.21. The van der Waals surface area contributed by atoms with Gasteiger partial charge in [0.2, 0.25) is 11.1 Å². The van der Waals surface area contributed by atoms with E-state index in [0.29, 0.717) is 11.3 Å². The molecule has 0 unspecified atom stereocenters. The number of nitrogens with zero attached hydrogens (tertiary/aromatic N) is 1. The Bertz CT molecular complexity index is 624. The van der Waals surface area contributed by atoms with E-state index in [4.69, 9.17) is 16.0 Å². The summed E-state index contributed by atoms with van der Waals surface area (Å²) in [5.74, 6) is -0.720. The van der Waals surface area contributed by atoms with Gasteiger partial charge in [0.15, 0.2) is 0 Å². The van der Waals surface area contributed by atoms with Crippen molar-refractivity contribution in [3.05, 3.63) is 41.2 Å². The van der Waals surface area contributed by atoms with Crippen LogP contribution in [0.2, 0.25) is 5.22 Å². The van der Waals surface area contributed by atoms with E-state index < -0.39 is 5.91 Å². The summed E-state index contributed by atoms with van der Waals surface area (Å²) < 4.78 is 4.93. The van der Waals surface area contributed by atoms with Crippen LogP contribution in [0.1, 0.15) is 17.3 Å². The number of hydrogen-bond acceptors (Lipinski definition) is 4. The van der Waals surface area contributed by atoms with Crippen molar-refractivity contribution in [3.8, 4) is 0 Å². The Morgan fingerprint density at radius 2 is 2.00 bits per heavy atom. The highest BCUT2D eigenvalue weighted by Gasteiger charge is 2.14. The molecule has 19 heavy (non-hydrogen) atoms. The molecule has 0 aliphatic heterocycles. The molecule has 2 rings (SSSR count). The molecule has 1 aromatic carbocycles. The number of nitrogens with one attached hydrogen (secondary N) is 2. The molecule has 0 fully saturated rings. The summed E-state index contributed by atoms with van der Waals surface area (Å²) in [6.07, 6.45) is 1.27. The average molecular weight is 280 g/mol. The fraction of sp³-hybridized carbons (Fsp3) is 0.0833. The standard InChI is InChI=1S/C12H10ClN3O3/c1-7(17)15-9-5-3-2-4-8(9)11(18)16-12-14-6-10(13)19-12/h2-6H,1H3,(H,15,17)(H,14,16,18). The fourth-order valence-corrected chi connectivity index (χ4v) is 1.58. The van der Waals surface area contributed by atoms with Gasteiger partial charge in [-0.25, -0.2) is 4.98 Å². The number of carbonyl (C=O) groups excluding carboxylic acids is 2. The van der Waals surface area contributed by atoms with Crippen LogP contribution in [0.4, 0.5) is 11.7 Å². The van der Waals surface area contributed by atoms with Crippen LogP contribution in [0.15, 0.2) is 34.9 Å². The van der Waals surface area contributed by atoms with Gasteiger partial charge in [0, 0.05) is 6.92 Å². The molecular formula is C12H10ClN3O3. The lowest BCUT2D eigenvalue weighted by Gasteiger charge is -2.08. The van der Waals surface area contributed by atoms with Crippen LogP contribution < -0.4 is 10.6 Å². The zero-order valence-corrected chi connectivity index (χ0v) is 10.7. The van der Waals surface area contributed by atoms with Crippen molar-refractivity contribution in [2.24, 2.45) is 0 Å². The van der Waals surface area contributed by atoms with Crippen molar-refractivity contribution in [1.29, 1.82) is 0 Å². The Morgan fingerprint density at radius 1 is 1.26 bits per heavy atom. The van der Waals surface area contributed by atoms with E-state index in [1.165, 1.54) is 13.1 Å². The van der Waals surface area contributed by atoms with Gasteiger partial charge in [-0.3, -0.25) is 14.9 Å². The lowest BCUT2D eigenvalue weighted by atomic mass is 10.1. The Kier molecular flexibility index (Phi) is 3.82. The minimum atomic E-state index is -0.456. The third-order valence-corrected chi connectivity index (χ3v) is 2.36. The number of benzene rings is 1. The molecule has 1 aromatic heterocycles. The minimum absolute atomic E-state index is 0.00683. The van der Waals surface area contributed by atoms with Crippen molar-refractivity contribution >= 4 is 35.1 Å². The van der Waals surface area contributed by atoms with Crippen LogP contribution in [-0.2, 0) is 4.79 Å². The van der Waals surface area contributed by atoms with E-state index in [1.807, 2.05) is 0 Å². The predicted octanol–water partition coefficient (Wildman–Crippen LogP) is 2.54. The van der Waals surface area contributed by atoms with E-state index in [0.717, 1.165) is 0 Å². The highest BCUT2D eigenvalue weighted by Crippen LogP contribution is 2.18. The molecule has 6 nitrogen and oxygen atoms in total. The maximum Gasteiger partial charge on any atom is 0.303 e. The smallest absolute Gasteiger partial charge is 0.303 e. The fourth-order valence-electron chi connectivity index (χ4n) is 1.46. The summed E-state index contributed by atoms with van der Waals surface area (Å²) in [6.45, 7) is 1.36. The molecule has 1 heterocycles. The quantitative estimate of drug-likeness (QED) is 0.904. The monoisotopic (exact) mass is 279 g/mol. The van der Waals surface area contributed by atoms with E-state index in [-0.39, 0.29) is 17.1 Å². The number of amides is 2. The van der Waals surface area contributed by atoms with Gasteiger partial charge in [-0.1, -0.05) is 12.1 Å². The third-order valence-electron chi connectivity index (χ3n) is 2.18. The summed E-state index contributed by atoms with van der Waals surface area (Å²) in [5.41, 5.74) is 0.706. The molecule has 0 aliphatic carbocycles. The third kappa shape index (κ3) is 3.32. The van der Waals surface area contributed by atoms with Gasteiger partial charge in [-0.05, 0) is 23.7 Å². The van der Waals surface area contributed by atoms with E-state index >= 15 is 0 Å². The second kappa shape index (κ2) is 5.53. The topological polar surface area (TPSA) is 84.2 Å². The molecule has 7 heteroatoms. The Labute approximate surface area is 113 Å². The van der Waals surface area contributed by atoms with E-state index in [9.17, 15) is 9.59 Å². The number of hydrogen-bond donors (Lipinski definition) is 2. The normalized spacial score (nSPS) is 10.0.